The van der Waals surface area contributed by atoms with Gasteiger partial charge in [-0.15, -0.1) is 0 Å². The molecule has 2 amide bonds. The number of likely N-dealkylation sites (tertiary alicyclic amines) is 1. The predicted molar refractivity (Wildman–Crippen MR) is 198 cm³/mol. The molecule has 1 fully saturated rings. The molecule has 0 radical (unpaired) electrons. The van der Waals surface area contributed by atoms with Gasteiger partial charge >= 0.3 is 6.09 Å². The Morgan fingerprint density at radius 2 is 1.67 bits per heavy atom. The highest BCUT2D eigenvalue weighted by atomic mass is 32.2. The van der Waals surface area contributed by atoms with Crippen LogP contribution in [0, 0.1) is 0 Å². The lowest BCUT2D eigenvalue weighted by molar-refractivity contribution is 0.0210. The number of carbonyl (C=O) groups excluding carboxylic acids is 2. The summed E-state index contributed by atoms with van der Waals surface area (Å²) in [5.41, 5.74) is 1.43. The maximum atomic E-state index is 13.8. The van der Waals surface area contributed by atoms with Gasteiger partial charge < -0.3 is 34.3 Å². The quantitative estimate of drug-likeness (QED) is 0.174. The summed E-state index contributed by atoms with van der Waals surface area (Å²) in [6, 6.07) is 12.5. The van der Waals surface area contributed by atoms with Gasteiger partial charge in [0.15, 0.2) is 11.5 Å². The molecule has 0 aliphatic carbocycles. The van der Waals surface area contributed by atoms with E-state index in [9.17, 15) is 18.0 Å². The van der Waals surface area contributed by atoms with Gasteiger partial charge in [0.2, 0.25) is 21.9 Å². The van der Waals surface area contributed by atoms with Gasteiger partial charge in [0.25, 0.3) is 5.91 Å². The van der Waals surface area contributed by atoms with E-state index >= 15 is 0 Å². The SMILES string of the molecule is COc1c(NC(=O)c2cc3cccc(Oc4ccnc(NC5CCN(C(=O)OC(C)(C)C)CC5)n4)c3n2C)cc(C(C)(C)C)cc1NS(C)(=O)=O. The summed E-state index contributed by atoms with van der Waals surface area (Å²) in [5, 5.41) is 7.05. The van der Waals surface area contributed by atoms with Crippen LogP contribution in [0.15, 0.2) is 48.7 Å². The minimum absolute atomic E-state index is 0.0669. The van der Waals surface area contributed by atoms with Crippen molar-refractivity contribution in [2.45, 2.75) is 71.4 Å². The molecule has 0 saturated carbocycles. The number of hydrogen-bond donors (Lipinski definition) is 3. The zero-order chi connectivity index (χ0) is 37.3. The molecule has 0 unspecified atom stereocenters. The molecule has 274 valence electrons. The Bertz CT molecular complexity index is 2040. The van der Waals surface area contributed by atoms with Gasteiger partial charge in [0.1, 0.15) is 11.3 Å². The fourth-order valence-electron chi connectivity index (χ4n) is 5.81. The Labute approximate surface area is 298 Å². The molecule has 51 heavy (non-hydrogen) atoms. The number of ether oxygens (including phenoxy) is 3. The zero-order valence-electron chi connectivity index (χ0n) is 30.6. The first-order chi connectivity index (χ1) is 23.8. The average Bonchev–Trinajstić information content (AvgIpc) is 3.36. The van der Waals surface area contributed by atoms with Crippen molar-refractivity contribution in [1.29, 1.82) is 0 Å². The van der Waals surface area contributed by atoms with Gasteiger partial charge in [-0.2, -0.15) is 4.98 Å². The van der Waals surface area contributed by atoms with Crippen LogP contribution in [0.4, 0.5) is 22.1 Å². The van der Waals surface area contributed by atoms with Gasteiger partial charge in [-0.1, -0.05) is 32.9 Å². The van der Waals surface area contributed by atoms with Crippen molar-refractivity contribution in [1.82, 2.24) is 19.4 Å². The summed E-state index contributed by atoms with van der Waals surface area (Å²) in [6.45, 7) is 12.6. The number of para-hydroxylation sites is 1. The van der Waals surface area contributed by atoms with Crippen LogP contribution in [-0.2, 0) is 27.2 Å². The van der Waals surface area contributed by atoms with E-state index in [2.05, 4.69) is 25.3 Å². The first-order valence-corrected chi connectivity index (χ1v) is 18.6. The number of piperidine rings is 1. The van der Waals surface area contributed by atoms with E-state index in [1.165, 1.54) is 7.11 Å². The molecule has 2 aromatic heterocycles. The third-order valence-corrected chi connectivity index (χ3v) is 8.87. The van der Waals surface area contributed by atoms with Crippen LogP contribution in [-0.4, -0.2) is 78.0 Å². The van der Waals surface area contributed by atoms with Crippen molar-refractivity contribution in [3.05, 3.63) is 59.9 Å². The van der Waals surface area contributed by atoms with Crippen LogP contribution in [0.1, 0.15) is 70.4 Å². The summed E-state index contributed by atoms with van der Waals surface area (Å²) in [4.78, 5) is 36.9. The second-order valence-corrected chi connectivity index (χ2v) is 16.4. The van der Waals surface area contributed by atoms with Gasteiger partial charge in [-0.25, -0.2) is 18.2 Å². The number of rotatable bonds is 9. The second-order valence-electron chi connectivity index (χ2n) is 14.7. The van der Waals surface area contributed by atoms with Crippen LogP contribution in [0.5, 0.6) is 17.4 Å². The second kappa shape index (κ2) is 14.3. The highest BCUT2D eigenvalue weighted by Gasteiger charge is 2.28. The predicted octanol–water partition coefficient (Wildman–Crippen LogP) is 6.50. The van der Waals surface area contributed by atoms with E-state index in [1.807, 2.05) is 53.7 Å². The first-order valence-electron chi connectivity index (χ1n) is 16.7. The highest BCUT2D eigenvalue weighted by molar-refractivity contribution is 7.92. The number of aryl methyl sites for hydroxylation is 1. The Morgan fingerprint density at radius 3 is 2.29 bits per heavy atom. The molecule has 14 nitrogen and oxygen atoms in total. The molecule has 3 N–H and O–H groups in total. The monoisotopic (exact) mass is 721 g/mol. The topological polar surface area (TPSA) is 166 Å². The summed E-state index contributed by atoms with van der Waals surface area (Å²) in [6.07, 6.45) is 3.78. The first kappa shape index (κ1) is 37.2. The maximum Gasteiger partial charge on any atom is 0.410 e. The summed E-state index contributed by atoms with van der Waals surface area (Å²) < 4.78 is 45.9. The maximum absolute atomic E-state index is 13.8. The van der Waals surface area contributed by atoms with E-state index in [0.717, 1.165) is 17.2 Å². The molecule has 0 spiro atoms. The Morgan fingerprint density at radius 1 is 0.980 bits per heavy atom. The molecule has 1 aliphatic rings. The summed E-state index contributed by atoms with van der Waals surface area (Å²) >= 11 is 0. The lowest BCUT2D eigenvalue weighted by Gasteiger charge is -2.33. The van der Waals surface area contributed by atoms with Crippen LogP contribution in [0.25, 0.3) is 10.9 Å². The lowest BCUT2D eigenvalue weighted by atomic mass is 9.86. The van der Waals surface area contributed by atoms with Crippen LogP contribution in [0.2, 0.25) is 0 Å². The zero-order valence-corrected chi connectivity index (χ0v) is 31.4. The highest BCUT2D eigenvalue weighted by Crippen LogP contribution is 2.40. The Kier molecular flexibility index (Phi) is 10.4. The lowest BCUT2D eigenvalue weighted by Crippen LogP contribution is -2.44. The molecule has 15 heteroatoms. The van der Waals surface area contributed by atoms with Crippen molar-refractivity contribution in [3.8, 4) is 17.4 Å². The average molecular weight is 722 g/mol. The van der Waals surface area contributed by atoms with E-state index in [-0.39, 0.29) is 29.0 Å². The van der Waals surface area contributed by atoms with E-state index in [1.54, 1.807) is 53.0 Å². The van der Waals surface area contributed by atoms with Crippen LogP contribution >= 0.6 is 0 Å². The fourth-order valence-corrected chi connectivity index (χ4v) is 6.36. The number of anilines is 3. The number of hydrogen-bond acceptors (Lipinski definition) is 10. The smallest absolute Gasteiger partial charge is 0.410 e. The molecule has 4 aromatic rings. The molecule has 1 saturated heterocycles. The van der Waals surface area contributed by atoms with Gasteiger partial charge in [0.05, 0.1) is 30.3 Å². The number of aromatic nitrogens is 3. The number of nitrogens with zero attached hydrogens (tertiary/aromatic N) is 4. The third-order valence-electron chi connectivity index (χ3n) is 8.28. The standard InChI is InChI=1S/C36H47N7O7S/c1-35(2,3)23-20-25(31(48-8)26(21-23)41-51(9,46)47)39-32(44)27-19-22-11-10-12-28(30(22)42(27)7)49-29-13-16-37-33(40-29)38-24-14-17-43(18-15-24)34(45)50-36(4,5)6/h10-13,16,19-21,24,41H,14-15,17-18H2,1-9H3,(H,39,44)(H,37,38,40). The van der Waals surface area contributed by atoms with Gasteiger partial charge in [-0.05, 0) is 68.9 Å². The largest absolute Gasteiger partial charge is 0.492 e. The summed E-state index contributed by atoms with van der Waals surface area (Å²) in [5.74, 6) is 0.953. The van der Waals surface area contributed by atoms with Crippen LogP contribution in [0.3, 0.4) is 0 Å². The number of fused-ring (bicyclic) bond motifs is 1. The number of benzene rings is 2. The molecular weight excluding hydrogens is 675 g/mol. The normalized spacial score (nSPS) is 14.3. The Hall–Kier alpha value is -5.05. The molecule has 3 heterocycles. The van der Waals surface area contributed by atoms with Crippen molar-refractivity contribution in [2.24, 2.45) is 7.05 Å². The van der Waals surface area contributed by atoms with E-state index < -0.39 is 21.5 Å². The van der Waals surface area contributed by atoms with Crippen molar-refractivity contribution in [2.75, 3.05) is 41.8 Å². The minimum atomic E-state index is -3.64. The third kappa shape index (κ3) is 9.20. The van der Waals surface area contributed by atoms with E-state index in [0.29, 0.717) is 60.4 Å². The van der Waals surface area contributed by atoms with Crippen molar-refractivity contribution in [3.63, 3.8) is 0 Å². The summed E-state index contributed by atoms with van der Waals surface area (Å²) in [7, 11) is -0.456. The molecule has 0 atom stereocenters. The Balaban J connectivity index is 1.34. The van der Waals surface area contributed by atoms with Gasteiger partial charge in [0, 0.05) is 43.8 Å². The fraction of sp³-hybridized carbons (Fsp3) is 0.444. The van der Waals surface area contributed by atoms with Gasteiger partial charge in [-0.3, -0.25) is 9.52 Å². The van der Waals surface area contributed by atoms with Crippen LogP contribution < -0.4 is 24.8 Å². The minimum Gasteiger partial charge on any atom is -0.492 e. The number of amides is 2. The van der Waals surface area contributed by atoms with E-state index in [4.69, 9.17) is 14.2 Å². The number of methoxy groups -OCH3 is 1. The number of nitrogens with one attached hydrogen (secondary N) is 3. The molecule has 2 aromatic carbocycles. The van der Waals surface area contributed by atoms with Crippen molar-refractivity contribution >= 4 is 50.2 Å². The molecule has 1 aliphatic heterocycles. The molecular formula is C36H47N7O7S. The molecule has 5 rings (SSSR count). The number of sulfonamides is 1. The number of carbonyl (C=O) groups is 2. The molecule has 0 bridgehead atoms. The van der Waals surface area contributed by atoms with Crippen molar-refractivity contribution < 1.29 is 32.2 Å².